The third kappa shape index (κ3) is 5.57. The second-order valence-corrected chi connectivity index (χ2v) is 5.79. The van der Waals surface area contributed by atoms with Crippen molar-refractivity contribution < 1.29 is 9.53 Å². The quantitative estimate of drug-likeness (QED) is 0.866. The normalized spacial score (nSPS) is 18.8. The second kappa shape index (κ2) is 9.10. The van der Waals surface area contributed by atoms with Gasteiger partial charge in [-0.05, 0) is 23.6 Å². The molecule has 0 spiro atoms. The second-order valence-electron chi connectivity index (χ2n) is 5.79. The Morgan fingerprint density at radius 2 is 2.09 bits per heavy atom. The zero-order chi connectivity index (χ0) is 15.2. The summed E-state index contributed by atoms with van der Waals surface area (Å²) in [5, 5.41) is 2.94. The first-order valence-electron chi connectivity index (χ1n) is 7.52. The molecule has 1 heterocycles. The van der Waals surface area contributed by atoms with E-state index in [9.17, 15) is 4.79 Å². The minimum Gasteiger partial charge on any atom is -0.374 e. The molecular formula is C16H26ClN3O2. The van der Waals surface area contributed by atoms with Crippen LogP contribution in [-0.2, 0) is 9.53 Å². The predicted molar refractivity (Wildman–Crippen MR) is 91.6 cm³/mol. The van der Waals surface area contributed by atoms with E-state index in [0.717, 1.165) is 18.8 Å². The SMILES string of the molecule is CC(C)c1ccc(NC(=O)CN2CCOC(CN)C2)cc1.Cl. The smallest absolute Gasteiger partial charge is 0.238 e. The number of carbonyl (C=O) groups excluding carboxylic acids is 1. The van der Waals surface area contributed by atoms with E-state index in [4.69, 9.17) is 10.5 Å². The largest absolute Gasteiger partial charge is 0.374 e. The van der Waals surface area contributed by atoms with Crippen LogP contribution in [0.25, 0.3) is 0 Å². The van der Waals surface area contributed by atoms with Gasteiger partial charge in [0.1, 0.15) is 0 Å². The van der Waals surface area contributed by atoms with Crippen LogP contribution in [0.2, 0.25) is 0 Å². The third-order valence-corrected chi connectivity index (χ3v) is 3.71. The standard InChI is InChI=1S/C16H25N3O2.ClH/c1-12(2)13-3-5-14(6-4-13)18-16(20)11-19-7-8-21-15(9-17)10-19;/h3-6,12,15H,7-11,17H2,1-2H3,(H,18,20);1H. The molecule has 2 rings (SSSR count). The number of rotatable bonds is 5. The minimum atomic E-state index is 0. The van der Waals surface area contributed by atoms with Gasteiger partial charge in [0.05, 0.1) is 19.3 Å². The van der Waals surface area contributed by atoms with Gasteiger partial charge in [-0.3, -0.25) is 9.69 Å². The molecule has 1 saturated heterocycles. The number of amides is 1. The van der Waals surface area contributed by atoms with Crippen molar-refractivity contribution in [3.8, 4) is 0 Å². The minimum absolute atomic E-state index is 0. The third-order valence-electron chi connectivity index (χ3n) is 3.71. The highest BCUT2D eigenvalue weighted by Crippen LogP contribution is 2.17. The van der Waals surface area contributed by atoms with E-state index < -0.39 is 0 Å². The lowest BCUT2D eigenvalue weighted by molar-refractivity contribution is -0.119. The van der Waals surface area contributed by atoms with Gasteiger partial charge in [-0.25, -0.2) is 0 Å². The van der Waals surface area contributed by atoms with Crippen LogP contribution in [0.3, 0.4) is 0 Å². The molecule has 22 heavy (non-hydrogen) atoms. The van der Waals surface area contributed by atoms with Crippen LogP contribution in [0.15, 0.2) is 24.3 Å². The topological polar surface area (TPSA) is 67.6 Å². The van der Waals surface area contributed by atoms with Gasteiger partial charge < -0.3 is 15.8 Å². The Labute approximate surface area is 138 Å². The van der Waals surface area contributed by atoms with E-state index in [-0.39, 0.29) is 24.4 Å². The van der Waals surface area contributed by atoms with E-state index in [1.807, 2.05) is 12.1 Å². The summed E-state index contributed by atoms with van der Waals surface area (Å²) in [7, 11) is 0. The molecule has 3 N–H and O–H groups in total. The van der Waals surface area contributed by atoms with E-state index in [1.165, 1.54) is 5.56 Å². The van der Waals surface area contributed by atoms with E-state index >= 15 is 0 Å². The predicted octanol–water partition coefficient (Wildman–Crippen LogP) is 1.83. The highest BCUT2D eigenvalue weighted by molar-refractivity contribution is 5.92. The molecule has 124 valence electrons. The van der Waals surface area contributed by atoms with Crippen molar-refractivity contribution in [3.05, 3.63) is 29.8 Å². The van der Waals surface area contributed by atoms with Gasteiger partial charge in [0.25, 0.3) is 0 Å². The van der Waals surface area contributed by atoms with Crippen LogP contribution in [0, 0.1) is 0 Å². The molecule has 0 saturated carbocycles. The number of nitrogens with one attached hydrogen (secondary N) is 1. The van der Waals surface area contributed by atoms with Gasteiger partial charge in [0, 0.05) is 25.3 Å². The molecule has 0 aromatic heterocycles. The Balaban J connectivity index is 0.00000242. The molecule has 1 aliphatic rings. The summed E-state index contributed by atoms with van der Waals surface area (Å²) in [6.07, 6.45) is 0.0388. The summed E-state index contributed by atoms with van der Waals surface area (Å²) >= 11 is 0. The number of carbonyl (C=O) groups is 1. The fourth-order valence-corrected chi connectivity index (χ4v) is 2.42. The molecule has 1 aliphatic heterocycles. The molecule has 1 fully saturated rings. The van der Waals surface area contributed by atoms with Crippen LogP contribution in [-0.4, -0.2) is 49.7 Å². The van der Waals surface area contributed by atoms with Gasteiger partial charge in [0.2, 0.25) is 5.91 Å². The zero-order valence-electron chi connectivity index (χ0n) is 13.2. The number of ether oxygens (including phenoxy) is 1. The fraction of sp³-hybridized carbons (Fsp3) is 0.562. The summed E-state index contributed by atoms with van der Waals surface area (Å²) in [6.45, 7) is 7.31. The van der Waals surface area contributed by atoms with Crippen LogP contribution in [0.1, 0.15) is 25.3 Å². The lowest BCUT2D eigenvalue weighted by atomic mass is 10.0. The van der Waals surface area contributed by atoms with E-state index in [2.05, 4.69) is 36.2 Å². The Morgan fingerprint density at radius 3 is 2.68 bits per heavy atom. The molecule has 0 aliphatic carbocycles. The first kappa shape index (κ1) is 18.9. The van der Waals surface area contributed by atoms with Crippen molar-refractivity contribution in [2.45, 2.75) is 25.9 Å². The number of hydrogen-bond donors (Lipinski definition) is 2. The molecule has 1 amide bonds. The first-order valence-corrected chi connectivity index (χ1v) is 7.52. The van der Waals surface area contributed by atoms with E-state index in [1.54, 1.807) is 0 Å². The Kier molecular flexibility index (Phi) is 7.82. The highest BCUT2D eigenvalue weighted by Gasteiger charge is 2.20. The van der Waals surface area contributed by atoms with Crippen LogP contribution in [0.5, 0.6) is 0 Å². The maximum absolute atomic E-state index is 12.1. The first-order chi connectivity index (χ1) is 10.1. The van der Waals surface area contributed by atoms with E-state index in [0.29, 0.717) is 25.6 Å². The lowest BCUT2D eigenvalue weighted by Gasteiger charge is -2.31. The molecule has 0 bridgehead atoms. The Bertz CT molecular complexity index is 465. The summed E-state index contributed by atoms with van der Waals surface area (Å²) in [5.41, 5.74) is 7.72. The van der Waals surface area contributed by atoms with Gasteiger partial charge in [-0.15, -0.1) is 12.4 Å². The number of hydrogen-bond acceptors (Lipinski definition) is 4. The average molecular weight is 328 g/mol. The van der Waals surface area contributed by atoms with Gasteiger partial charge in [-0.2, -0.15) is 0 Å². The number of nitrogens with two attached hydrogens (primary N) is 1. The van der Waals surface area contributed by atoms with Crippen LogP contribution in [0.4, 0.5) is 5.69 Å². The maximum Gasteiger partial charge on any atom is 0.238 e. The molecule has 1 atom stereocenters. The molecule has 0 radical (unpaired) electrons. The molecule has 1 unspecified atom stereocenters. The molecule has 6 heteroatoms. The average Bonchev–Trinajstić information content (AvgIpc) is 2.47. The molecular weight excluding hydrogens is 302 g/mol. The van der Waals surface area contributed by atoms with Gasteiger partial charge in [0.15, 0.2) is 0 Å². The van der Waals surface area contributed by atoms with Crippen molar-refractivity contribution in [3.63, 3.8) is 0 Å². The number of nitrogens with zero attached hydrogens (tertiary/aromatic N) is 1. The fourth-order valence-electron chi connectivity index (χ4n) is 2.42. The molecule has 5 nitrogen and oxygen atoms in total. The van der Waals surface area contributed by atoms with Crippen molar-refractivity contribution in [1.82, 2.24) is 4.90 Å². The van der Waals surface area contributed by atoms with Crippen LogP contribution >= 0.6 is 12.4 Å². The summed E-state index contributed by atoms with van der Waals surface area (Å²) < 4.78 is 5.49. The number of morpholine rings is 1. The molecule has 1 aromatic carbocycles. The van der Waals surface area contributed by atoms with Crippen molar-refractivity contribution in [1.29, 1.82) is 0 Å². The van der Waals surface area contributed by atoms with Crippen molar-refractivity contribution in [2.75, 3.05) is 38.1 Å². The Morgan fingerprint density at radius 1 is 1.41 bits per heavy atom. The summed E-state index contributed by atoms with van der Waals surface area (Å²) in [4.78, 5) is 14.2. The zero-order valence-corrected chi connectivity index (χ0v) is 14.1. The van der Waals surface area contributed by atoms with Gasteiger partial charge >= 0.3 is 0 Å². The highest BCUT2D eigenvalue weighted by atomic mass is 35.5. The van der Waals surface area contributed by atoms with Crippen molar-refractivity contribution >= 4 is 24.0 Å². The molecule has 1 aromatic rings. The number of benzene rings is 1. The maximum atomic E-state index is 12.1. The lowest BCUT2D eigenvalue weighted by Crippen LogP contribution is -2.48. The number of halogens is 1. The van der Waals surface area contributed by atoms with Crippen LogP contribution < -0.4 is 11.1 Å². The Hall–Kier alpha value is -1.14. The summed E-state index contributed by atoms with van der Waals surface area (Å²) in [6, 6.07) is 8.02. The van der Waals surface area contributed by atoms with Crippen molar-refractivity contribution in [2.24, 2.45) is 5.73 Å². The van der Waals surface area contributed by atoms with Gasteiger partial charge in [-0.1, -0.05) is 26.0 Å². The number of anilines is 1. The summed E-state index contributed by atoms with van der Waals surface area (Å²) in [5.74, 6) is 0.501. The monoisotopic (exact) mass is 327 g/mol.